The molecular formula is C23H25N3O4. The highest BCUT2D eigenvalue weighted by atomic mass is 16.5. The topological polar surface area (TPSA) is 79.0 Å². The zero-order valence-electron chi connectivity index (χ0n) is 17.0. The molecular weight excluding hydrogens is 382 g/mol. The van der Waals surface area contributed by atoms with E-state index in [-0.39, 0.29) is 30.3 Å². The number of ether oxygens (including phenoxy) is 1. The van der Waals surface area contributed by atoms with Gasteiger partial charge >= 0.3 is 0 Å². The van der Waals surface area contributed by atoms with Crippen molar-refractivity contribution in [3.05, 3.63) is 70.8 Å². The van der Waals surface area contributed by atoms with Crippen molar-refractivity contribution in [1.29, 1.82) is 0 Å². The van der Waals surface area contributed by atoms with Gasteiger partial charge in [-0.15, -0.1) is 0 Å². The summed E-state index contributed by atoms with van der Waals surface area (Å²) in [5.74, 6) is -0.702. The maximum Gasteiger partial charge on any atom is 0.261 e. The summed E-state index contributed by atoms with van der Waals surface area (Å²) in [5.41, 5.74) is 2.22. The predicted octanol–water partition coefficient (Wildman–Crippen LogP) is 1.93. The van der Waals surface area contributed by atoms with Crippen LogP contribution in [0.2, 0.25) is 0 Å². The van der Waals surface area contributed by atoms with Gasteiger partial charge in [-0.1, -0.05) is 24.3 Å². The van der Waals surface area contributed by atoms with E-state index in [1.165, 1.54) is 4.90 Å². The highest BCUT2D eigenvalue weighted by Gasteiger charge is 2.34. The minimum Gasteiger partial charge on any atom is -0.379 e. The molecule has 2 aliphatic rings. The number of hydrogen-bond donors (Lipinski definition) is 1. The van der Waals surface area contributed by atoms with Crippen LogP contribution in [0.3, 0.4) is 0 Å². The van der Waals surface area contributed by atoms with Gasteiger partial charge in [0.25, 0.3) is 17.7 Å². The molecule has 2 aromatic carbocycles. The first-order valence-electron chi connectivity index (χ1n) is 10.2. The van der Waals surface area contributed by atoms with Gasteiger partial charge in [0.15, 0.2) is 0 Å². The number of morpholine rings is 1. The summed E-state index contributed by atoms with van der Waals surface area (Å²) in [6, 6.07) is 13.9. The molecule has 0 spiro atoms. The molecule has 7 heteroatoms. The van der Waals surface area contributed by atoms with E-state index in [9.17, 15) is 14.4 Å². The lowest BCUT2D eigenvalue weighted by Gasteiger charge is -2.29. The summed E-state index contributed by atoms with van der Waals surface area (Å²) in [7, 11) is 0. The van der Waals surface area contributed by atoms with Crippen LogP contribution < -0.4 is 5.32 Å². The number of amides is 3. The van der Waals surface area contributed by atoms with E-state index in [0.29, 0.717) is 16.7 Å². The maximum atomic E-state index is 12.5. The van der Waals surface area contributed by atoms with E-state index in [2.05, 4.69) is 10.2 Å². The molecule has 1 saturated heterocycles. The Balaban J connectivity index is 1.34. The number of carbonyl (C=O) groups excluding carboxylic acids is 3. The van der Waals surface area contributed by atoms with Crippen molar-refractivity contribution in [3.8, 4) is 0 Å². The Morgan fingerprint density at radius 3 is 2.20 bits per heavy atom. The highest BCUT2D eigenvalue weighted by molar-refractivity contribution is 6.21. The fourth-order valence-corrected chi connectivity index (χ4v) is 3.85. The molecule has 1 fully saturated rings. The number of fused-ring (bicyclic) bond motifs is 1. The molecule has 0 bridgehead atoms. The third-order valence-corrected chi connectivity index (χ3v) is 5.45. The van der Waals surface area contributed by atoms with Crippen LogP contribution >= 0.6 is 0 Å². The van der Waals surface area contributed by atoms with Gasteiger partial charge in [0, 0.05) is 31.2 Å². The van der Waals surface area contributed by atoms with Gasteiger partial charge in [0.05, 0.1) is 30.9 Å². The molecule has 0 radical (unpaired) electrons. The van der Waals surface area contributed by atoms with Gasteiger partial charge in [-0.05, 0) is 36.8 Å². The van der Waals surface area contributed by atoms with Crippen LogP contribution in [0.5, 0.6) is 0 Å². The average Bonchev–Trinajstić information content (AvgIpc) is 3.00. The van der Waals surface area contributed by atoms with Crippen molar-refractivity contribution >= 4 is 17.7 Å². The standard InChI is InChI=1S/C23H25N3O4/c1-16(14-25-10-12-30-13-11-25)24-21(27)18-8-6-17(7-9-18)15-26-22(28)19-4-2-3-5-20(19)23(26)29/h2-9,16H,10-15H2,1H3,(H,24,27). The second-order valence-electron chi connectivity index (χ2n) is 7.73. The predicted molar refractivity (Wildman–Crippen MR) is 111 cm³/mol. The normalized spacial score (nSPS) is 17.7. The van der Waals surface area contributed by atoms with E-state index in [0.717, 1.165) is 38.4 Å². The van der Waals surface area contributed by atoms with Crippen LogP contribution in [0.4, 0.5) is 0 Å². The lowest BCUT2D eigenvalue weighted by molar-refractivity contribution is 0.0342. The van der Waals surface area contributed by atoms with Crippen molar-refractivity contribution in [2.75, 3.05) is 32.8 Å². The summed E-state index contributed by atoms with van der Waals surface area (Å²) in [6.07, 6.45) is 0. The van der Waals surface area contributed by atoms with Crippen LogP contribution in [0.15, 0.2) is 48.5 Å². The molecule has 1 atom stereocenters. The van der Waals surface area contributed by atoms with E-state index in [1.54, 1.807) is 48.5 Å². The molecule has 0 aromatic heterocycles. The van der Waals surface area contributed by atoms with Gasteiger partial charge < -0.3 is 10.1 Å². The largest absolute Gasteiger partial charge is 0.379 e. The van der Waals surface area contributed by atoms with Crippen LogP contribution in [-0.4, -0.2) is 66.4 Å². The van der Waals surface area contributed by atoms with Gasteiger partial charge in [-0.2, -0.15) is 0 Å². The summed E-state index contributed by atoms with van der Waals surface area (Å²) < 4.78 is 5.35. The van der Waals surface area contributed by atoms with E-state index < -0.39 is 0 Å². The van der Waals surface area contributed by atoms with E-state index in [1.807, 2.05) is 6.92 Å². The van der Waals surface area contributed by atoms with Gasteiger partial charge in [0.2, 0.25) is 0 Å². The molecule has 2 aromatic rings. The molecule has 0 saturated carbocycles. The summed E-state index contributed by atoms with van der Waals surface area (Å²) in [4.78, 5) is 41.1. The number of imide groups is 1. The number of rotatable bonds is 6. The van der Waals surface area contributed by atoms with Crippen molar-refractivity contribution in [1.82, 2.24) is 15.1 Å². The Bertz CT molecular complexity index is 916. The van der Waals surface area contributed by atoms with Crippen molar-refractivity contribution in [2.45, 2.75) is 19.5 Å². The molecule has 3 amide bonds. The summed E-state index contributed by atoms with van der Waals surface area (Å²) >= 11 is 0. The van der Waals surface area contributed by atoms with Crippen molar-refractivity contribution in [3.63, 3.8) is 0 Å². The SMILES string of the molecule is CC(CN1CCOCC1)NC(=O)c1ccc(CN2C(=O)c3ccccc3C2=O)cc1. The number of hydrogen-bond acceptors (Lipinski definition) is 5. The highest BCUT2D eigenvalue weighted by Crippen LogP contribution is 2.24. The van der Waals surface area contributed by atoms with Gasteiger partial charge in [-0.25, -0.2) is 0 Å². The molecule has 1 N–H and O–H groups in total. The molecule has 4 rings (SSSR count). The molecule has 1 unspecified atom stereocenters. The lowest BCUT2D eigenvalue weighted by Crippen LogP contribution is -2.46. The second-order valence-corrected chi connectivity index (χ2v) is 7.73. The maximum absolute atomic E-state index is 12.5. The number of nitrogens with zero attached hydrogens (tertiary/aromatic N) is 2. The Morgan fingerprint density at radius 2 is 1.60 bits per heavy atom. The first kappa shape index (κ1) is 20.3. The molecule has 156 valence electrons. The van der Waals surface area contributed by atoms with Crippen LogP contribution in [0.1, 0.15) is 43.6 Å². The number of benzene rings is 2. The van der Waals surface area contributed by atoms with Crippen molar-refractivity contribution < 1.29 is 19.1 Å². The third kappa shape index (κ3) is 4.27. The smallest absolute Gasteiger partial charge is 0.261 e. The minimum atomic E-state index is -0.283. The number of nitrogens with one attached hydrogen (secondary N) is 1. The average molecular weight is 407 g/mol. The van der Waals surface area contributed by atoms with Crippen LogP contribution in [0.25, 0.3) is 0 Å². The fraction of sp³-hybridized carbons (Fsp3) is 0.348. The first-order chi connectivity index (χ1) is 14.5. The second kappa shape index (κ2) is 8.77. The summed E-state index contributed by atoms with van der Waals surface area (Å²) in [6.45, 7) is 6.18. The van der Waals surface area contributed by atoms with E-state index >= 15 is 0 Å². The van der Waals surface area contributed by atoms with Gasteiger partial charge in [0.1, 0.15) is 0 Å². The minimum absolute atomic E-state index is 0.0219. The Hall–Kier alpha value is -3.03. The number of carbonyl (C=O) groups is 3. The van der Waals surface area contributed by atoms with Gasteiger partial charge in [-0.3, -0.25) is 24.2 Å². The summed E-state index contributed by atoms with van der Waals surface area (Å²) in [5, 5.41) is 3.02. The van der Waals surface area contributed by atoms with E-state index in [4.69, 9.17) is 4.74 Å². The zero-order chi connectivity index (χ0) is 21.1. The third-order valence-electron chi connectivity index (χ3n) is 5.45. The monoisotopic (exact) mass is 407 g/mol. The molecule has 30 heavy (non-hydrogen) atoms. The lowest BCUT2D eigenvalue weighted by atomic mass is 10.1. The molecule has 2 heterocycles. The zero-order valence-corrected chi connectivity index (χ0v) is 17.0. The quantitative estimate of drug-likeness (QED) is 0.741. The Kier molecular flexibility index (Phi) is 5.92. The molecule has 2 aliphatic heterocycles. The van der Waals surface area contributed by atoms with Crippen LogP contribution in [-0.2, 0) is 11.3 Å². The Labute approximate surface area is 175 Å². The Morgan fingerprint density at radius 1 is 1.00 bits per heavy atom. The van der Waals surface area contributed by atoms with Crippen molar-refractivity contribution in [2.24, 2.45) is 0 Å². The van der Waals surface area contributed by atoms with Crippen LogP contribution in [0, 0.1) is 0 Å². The fourth-order valence-electron chi connectivity index (χ4n) is 3.85. The molecule has 7 nitrogen and oxygen atoms in total. The first-order valence-corrected chi connectivity index (χ1v) is 10.2. The molecule has 0 aliphatic carbocycles.